The average molecular weight is 412 g/mol. The Bertz CT molecular complexity index is 1230. The molecule has 2 aromatic carbocycles. The third-order valence-corrected chi connectivity index (χ3v) is 4.45. The van der Waals surface area contributed by atoms with Crippen molar-refractivity contribution in [1.82, 2.24) is 15.0 Å². The van der Waals surface area contributed by atoms with Crippen LogP contribution >= 0.6 is 11.6 Å². The first-order valence-electron chi connectivity index (χ1n) is 8.95. The summed E-state index contributed by atoms with van der Waals surface area (Å²) in [4.78, 5) is 22.8. The van der Waals surface area contributed by atoms with Gasteiger partial charge in [-0.05, 0) is 44.2 Å². The van der Waals surface area contributed by atoms with Gasteiger partial charge in [0.25, 0.3) is 0 Å². The molecule has 0 aliphatic rings. The van der Waals surface area contributed by atoms with Gasteiger partial charge in [0.1, 0.15) is 11.6 Å². The predicted molar refractivity (Wildman–Crippen MR) is 113 cm³/mol. The van der Waals surface area contributed by atoms with E-state index in [9.17, 15) is 4.79 Å². The number of nitrogens with one attached hydrogen (secondary N) is 3. The molecule has 4 rings (SSSR count). The van der Waals surface area contributed by atoms with Crippen LogP contribution in [0.3, 0.4) is 0 Å². The second-order valence-electron chi connectivity index (χ2n) is 6.28. The number of nitrogens with zero attached hydrogens (tertiary/aromatic N) is 2. The van der Waals surface area contributed by atoms with Gasteiger partial charge in [0.15, 0.2) is 5.58 Å². The number of rotatable bonds is 6. The van der Waals surface area contributed by atoms with E-state index >= 15 is 0 Å². The van der Waals surface area contributed by atoms with E-state index in [0.717, 1.165) is 16.9 Å². The lowest BCUT2D eigenvalue weighted by atomic mass is 10.2. The molecule has 0 bridgehead atoms. The van der Waals surface area contributed by atoms with Crippen LogP contribution in [0, 0.1) is 6.92 Å². The summed E-state index contributed by atoms with van der Waals surface area (Å²) >= 11 is 6.13. The van der Waals surface area contributed by atoms with E-state index < -0.39 is 5.76 Å². The molecule has 0 fully saturated rings. The van der Waals surface area contributed by atoms with Crippen molar-refractivity contribution in [2.75, 3.05) is 17.2 Å². The summed E-state index contributed by atoms with van der Waals surface area (Å²) in [7, 11) is 0. The summed E-state index contributed by atoms with van der Waals surface area (Å²) < 4.78 is 10.5. The largest absolute Gasteiger partial charge is 0.492 e. The quantitative estimate of drug-likeness (QED) is 0.420. The highest BCUT2D eigenvalue weighted by atomic mass is 35.5. The molecule has 0 atom stereocenters. The number of hydrogen-bond donors (Lipinski definition) is 3. The zero-order valence-corrected chi connectivity index (χ0v) is 16.5. The van der Waals surface area contributed by atoms with Gasteiger partial charge < -0.3 is 19.8 Å². The number of H-pyrrole nitrogens is 1. The lowest BCUT2D eigenvalue weighted by molar-refractivity contribution is 0.340. The molecule has 0 saturated carbocycles. The van der Waals surface area contributed by atoms with E-state index in [1.54, 1.807) is 36.5 Å². The van der Waals surface area contributed by atoms with Crippen molar-refractivity contribution in [2.24, 2.45) is 0 Å². The van der Waals surface area contributed by atoms with Crippen LogP contribution in [0.15, 0.2) is 51.8 Å². The Kier molecular flexibility index (Phi) is 5.09. The predicted octanol–water partition coefficient (Wildman–Crippen LogP) is 4.76. The molecule has 0 spiro atoms. The number of oxazole rings is 1. The number of hydrogen-bond acceptors (Lipinski definition) is 7. The Balaban J connectivity index is 1.58. The number of benzene rings is 2. The van der Waals surface area contributed by atoms with Gasteiger partial charge in [0.05, 0.1) is 17.1 Å². The number of halogens is 1. The molecule has 0 aliphatic carbocycles. The lowest BCUT2D eigenvalue weighted by Gasteiger charge is -2.12. The number of fused-ring (bicyclic) bond motifs is 1. The third-order valence-electron chi connectivity index (χ3n) is 4.14. The van der Waals surface area contributed by atoms with Crippen LogP contribution in [-0.2, 0) is 0 Å². The van der Waals surface area contributed by atoms with Crippen molar-refractivity contribution < 1.29 is 9.15 Å². The van der Waals surface area contributed by atoms with Crippen LogP contribution in [0.25, 0.3) is 11.1 Å². The normalized spacial score (nSPS) is 10.9. The van der Waals surface area contributed by atoms with Crippen LogP contribution in [-0.4, -0.2) is 21.6 Å². The van der Waals surface area contributed by atoms with E-state index in [1.807, 2.05) is 19.9 Å². The first kappa shape index (κ1) is 18.8. The van der Waals surface area contributed by atoms with Crippen LogP contribution in [0.1, 0.15) is 12.5 Å². The van der Waals surface area contributed by atoms with Gasteiger partial charge >= 0.3 is 5.76 Å². The maximum atomic E-state index is 11.3. The molecule has 3 N–H and O–H groups in total. The molecule has 4 aromatic rings. The molecule has 0 unspecified atom stereocenters. The maximum absolute atomic E-state index is 11.3. The van der Waals surface area contributed by atoms with Crippen molar-refractivity contribution in [2.45, 2.75) is 13.8 Å². The van der Waals surface area contributed by atoms with Gasteiger partial charge in [-0.15, -0.1) is 0 Å². The number of anilines is 4. The molecule has 0 aliphatic heterocycles. The Morgan fingerprint density at radius 1 is 1.17 bits per heavy atom. The van der Waals surface area contributed by atoms with E-state index in [0.29, 0.717) is 40.2 Å². The zero-order valence-electron chi connectivity index (χ0n) is 15.7. The van der Waals surface area contributed by atoms with Crippen LogP contribution in [0.2, 0.25) is 5.02 Å². The number of aryl methyl sites for hydroxylation is 1. The molecule has 0 amide bonds. The van der Waals surface area contributed by atoms with Crippen molar-refractivity contribution in [3.63, 3.8) is 0 Å². The molecule has 0 radical (unpaired) electrons. The molecule has 148 valence electrons. The highest BCUT2D eigenvalue weighted by Gasteiger charge is 2.09. The minimum Gasteiger partial charge on any atom is -0.492 e. The van der Waals surface area contributed by atoms with E-state index in [1.165, 1.54) is 0 Å². The Morgan fingerprint density at radius 3 is 2.79 bits per heavy atom. The first-order chi connectivity index (χ1) is 14.0. The minimum absolute atomic E-state index is 0.417. The van der Waals surface area contributed by atoms with E-state index in [2.05, 4.69) is 25.6 Å². The van der Waals surface area contributed by atoms with Gasteiger partial charge in [0.2, 0.25) is 5.95 Å². The van der Waals surface area contributed by atoms with Gasteiger partial charge in [0, 0.05) is 29.2 Å². The second kappa shape index (κ2) is 7.84. The number of aromatic nitrogens is 3. The summed E-state index contributed by atoms with van der Waals surface area (Å²) in [5, 5.41) is 6.93. The molecule has 0 saturated heterocycles. The SMILES string of the molecule is CCOc1cc(Nc2ncc(C)c(Nc3ccc4oc(=O)[nH]c4c3)n2)ccc1Cl. The maximum Gasteiger partial charge on any atom is 0.417 e. The standard InChI is InChI=1S/C20H18ClN5O3/c1-3-28-17-9-13(4-6-14(17)21)24-19-22-10-11(2)18(26-19)23-12-5-7-16-15(8-12)25-20(27)29-16/h4-10H,3H2,1-2H3,(H,25,27)(H2,22,23,24,26). The van der Waals surface area contributed by atoms with Crippen LogP contribution < -0.4 is 21.1 Å². The molecule has 8 nitrogen and oxygen atoms in total. The van der Waals surface area contributed by atoms with Crippen molar-refractivity contribution in [1.29, 1.82) is 0 Å². The van der Waals surface area contributed by atoms with Crippen molar-refractivity contribution in [3.05, 3.63) is 63.7 Å². The summed E-state index contributed by atoms with van der Waals surface area (Å²) in [5.41, 5.74) is 3.48. The molecule has 2 aromatic heterocycles. The van der Waals surface area contributed by atoms with Gasteiger partial charge in [-0.3, -0.25) is 4.98 Å². The van der Waals surface area contributed by atoms with E-state index in [-0.39, 0.29) is 0 Å². The average Bonchev–Trinajstić information content (AvgIpc) is 3.06. The molecule has 2 heterocycles. The van der Waals surface area contributed by atoms with Crippen molar-refractivity contribution >= 4 is 45.8 Å². The Hall–Kier alpha value is -3.52. The molecule has 29 heavy (non-hydrogen) atoms. The third kappa shape index (κ3) is 4.17. The van der Waals surface area contributed by atoms with Crippen molar-refractivity contribution in [3.8, 4) is 5.75 Å². The number of aromatic amines is 1. The molecular weight excluding hydrogens is 394 g/mol. The lowest BCUT2D eigenvalue weighted by Crippen LogP contribution is -2.03. The monoisotopic (exact) mass is 411 g/mol. The fraction of sp³-hybridized carbons (Fsp3) is 0.150. The zero-order chi connectivity index (χ0) is 20.4. The van der Waals surface area contributed by atoms with Gasteiger partial charge in [-0.25, -0.2) is 9.78 Å². The summed E-state index contributed by atoms with van der Waals surface area (Å²) in [6.07, 6.45) is 1.72. The topological polar surface area (TPSA) is 105 Å². The first-order valence-corrected chi connectivity index (χ1v) is 9.32. The second-order valence-corrected chi connectivity index (χ2v) is 6.69. The van der Waals surface area contributed by atoms with Gasteiger partial charge in [-0.1, -0.05) is 11.6 Å². The smallest absolute Gasteiger partial charge is 0.417 e. The van der Waals surface area contributed by atoms with E-state index in [4.69, 9.17) is 20.8 Å². The summed E-state index contributed by atoms with van der Waals surface area (Å²) in [6.45, 7) is 4.32. The summed E-state index contributed by atoms with van der Waals surface area (Å²) in [5.74, 6) is 1.15. The van der Waals surface area contributed by atoms with Crippen LogP contribution in [0.4, 0.5) is 23.1 Å². The number of ether oxygens (including phenoxy) is 1. The Labute approximate surface area is 170 Å². The molecular formula is C20H18ClN5O3. The van der Waals surface area contributed by atoms with Crippen LogP contribution in [0.5, 0.6) is 5.75 Å². The highest BCUT2D eigenvalue weighted by molar-refractivity contribution is 6.32. The fourth-order valence-corrected chi connectivity index (χ4v) is 2.94. The highest BCUT2D eigenvalue weighted by Crippen LogP contribution is 2.29. The molecule has 9 heteroatoms. The van der Waals surface area contributed by atoms with Gasteiger partial charge in [-0.2, -0.15) is 4.98 Å². The fourth-order valence-electron chi connectivity index (χ4n) is 2.77. The minimum atomic E-state index is -0.490. The summed E-state index contributed by atoms with van der Waals surface area (Å²) in [6, 6.07) is 10.7. The Morgan fingerprint density at radius 2 is 1.97 bits per heavy atom.